The van der Waals surface area contributed by atoms with Gasteiger partial charge in [-0.05, 0) is 12.1 Å². The van der Waals surface area contributed by atoms with Crippen molar-refractivity contribution < 1.29 is 14.1 Å². The fourth-order valence-corrected chi connectivity index (χ4v) is 1.88. The summed E-state index contributed by atoms with van der Waals surface area (Å²) in [7, 11) is -1.56. The fraction of sp³-hybridized carbons (Fsp3) is 0.111. The Morgan fingerprint density at radius 2 is 2.14 bits per heavy atom. The van der Waals surface area contributed by atoms with Crippen LogP contribution in [0.15, 0.2) is 29.2 Å². The zero-order chi connectivity index (χ0) is 10.6. The molecule has 0 radical (unpaired) electrons. The van der Waals surface area contributed by atoms with Gasteiger partial charge in [0.2, 0.25) is 0 Å². The minimum atomic E-state index is -1.56. The van der Waals surface area contributed by atoms with Crippen LogP contribution in [0.2, 0.25) is 0 Å². The van der Waals surface area contributed by atoms with Crippen LogP contribution in [0.3, 0.4) is 0 Å². The highest BCUT2D eigenvalue weighted by Gasteiger charge is 2.13. The van der Waals surface area contributed by atoms with E-state index in [-0.39, 0.29) is 16.2 Å². The minimum absolute atomic E-state index is 0.0129. The van der Waals surface area contributed by atoms with E-state index in [1.54, 1.807) is 18.2 Å². The third-order valence-electron chi connectivity index (χ3n) is 1.56. The summed E-state index contributed by atoms with van der Waals surface area (Å²) < 4.78 is 11.4. The first-order valence-electron chi connectivity index (χ1n) is 3.74. The molecule has 72 valence electrons. The highest BCUT2D eigenvalue weighted by molar-refractivity contribution is 7.85. The second kappa shape index (κ2) is 4.53. The van der Waals surface area contributed by atoms with E-state index in [1.165, 1.54) is 12.1 Å². The van der Waals surface area contributed by atoms with E-state index in [9.17, 15) is 9.00 Å². The number of nitrogens with zero attached hydrogens (tertiary/aromatic N) is 1. The van der Waals surface area contributed by atoms with Crippen molar-refractivity contribution in [2.45, 2.75) is 4.90 Å². The van der Waals surface area contributed by atoms with Gasteiger partial charge in [-0.3, -0.25) is 4.21 Å². The summed E-state index contributed by atoms with van der Waals surface area (Å²) in [5, 5.41) is 17.1. The van der Waals surface area contributed by atoms with Crippen molar-refractivity contribution in [1.29, 1.82) is 5.26 Å². The van der Waals surface area contributed by atoms with E-state index in [4.69, 9.17) is 10.4 Å². The summed E-state index contributed by atoms with van der Waals surface area (Å²) in [5.74, 6) is -1.32. The number of aromatic carboxylic acids is 1. The first-order valence-corrected chi connectivity index (χ1v) is 5.06. The topological polar surface area (TPSA) is 78.2 Å². The molecule has 4 nitrogen and oxygen atoms in total. The summed E-state index contributed by atoms with van der Waals surface area (Å²) in [6.07, 6.45) is 0. The van der Waals surface area contributed by atoms with Crippen molar-refractivity contribution in [2.24, 2.45) is 0 Å². The van der Waals surface area contributed by atoms with Gasteiger partial charge >= 0.3 is 5.97 Å². The van der Waals surface area contributed by atoms with Gasteiger partial charge in [0.05, 0.1) is 27.3 Å². The Morgan fingerprint density at radius 1 is 1.50 bits per heavy atom. The Balaban J connectivity index is 3.15. The van der Waals surface area contributed by atoms with Gasteiger partial charge in [-0.15, -0.1) is 0 Å². The van der Waals surface area contributed by atoms with E-state index in [0.717, 1.165) is 0 Å². The molecule has 0 aliphatic heterocycles. The largest absolute Gasteiger partial charge is 0.478 e. The van der Waals surface area contributed by atoms with Crippen LogP contribution in [0.5, 0.6) is 0 Å². The van der Waals surface area contributed by atoms with E-state index in [0.29, 0.717) is 0 Å². The highest BCUT2D eigenvalue weighted by Crippen LogP contribution is 2.13. The van der Waals surface area contributed by atoms with Crippen molar-refractivity contribution >= 4 is 16.8 Å². The number of carboxylic acids is 1. The zero-order valence-corrected chi connectivity index (χ0v) is 7.95. The maximum Gasteiger partial charge on any atom is 0.336 e. The van der Waals surface area contributed by atoms with Gasteiger partial charge in [0, 0.05) is 0 Å². The lowest BCUT2D eigenvalue weighted by Gasteiger charge is -2.01. The van der Waals surface area contributed by atoms with Gasteiger partial charge in [0.25, 0.3) is 0 Å². The first-order chi connectivity index (χ1) is 6.66. The molecule has 0 saturated heterocycles. The molecule has 1 N–H and O–H groups in total. The first kappa shape index (κ1) is 10.4. The van der Waals surface area contributed by atoms with Gasteiger partial charge < -0.3 is 5.11 Å². The molecule has 0 bridgehead atoms. The Morgan fingerprint density at radius 3 is 2.71 bits per heavy atom. The van der Waals surface area contributed by atoms with Crippen LogP contribution in [-0.2, 0) is 10.8 Å². The second-order valence-electron chi connectivity index (χ2n) is 2.45. The Hall–Kier alpha value is -1.67. The van der Waals surface area contributed by atoms with Gasteiger partial charge in [0.1, 0.15) is 5.75 Å². The molecule has 1 rings (SSSR count). The van der Waals surface area contributed by atoms with Gasteiger partial charge in [-0.1, -0.05) is 12.1 Å². The van der Waals surface area contributed by atoms with Crippen LogP contribution >= 0.6 is 0 Å². The van der Waals surface area contributed by atoms with E-state index in [1.807, 2.05) is 0 Å². The zero-order valence-electron chi connectivity index (χ0n) is 7.14. The van der Waals surface area contributed by atoms with Crippen LogP contribution < -0.4 is 0 Å². The molecule has 0 saturated carbocycles. The smallest absolute Gasteiger partial charge is 0.336 e. The lowest BCUT2D eigenvalue weighted by molar-refractivity contribution is 0.0693. The van der Waals surface area contributed by atoms with E-state index in [2.05, 4.69) is 0 Å². The van der Waals surface area contributed by atoms with Crippen LogP contribution in [0.25, 0.3) is 0 Å². The fourth-order valence-electron chi connectivity index (χ4n) is 0.978. The standard InChI is InChI=1S/C9H7NO3S/c10-5-6-14(13)8-4-2-1-3-7(8)9(11)12/h1-4H,6H2,(H,11,12). The van der Waals surface area contributed by atoms with Crippen LogP contribution in [0.1, 0.15) is 10.4 Å². The molecule has 14 heavy (non-hydrogen) atoms. The Bertz CT molecular complexity index is 422. The van der Waals surface area contributed by atoms with Crippen LogP contribution in [0, 0.1) is 11.3 Å². The number of nitriles is 1. The number of rotatable bonds is 3. The lowest BCUT2D eigenvalue weighted by Crippen LogP contribution is -2.05. The third-order valence-corrected chi connectivity index (χ3v) is 2.80. The number of hydrogen-bond donors (Lipinski definition) is 1. The molecule has 0 spiro atoms. The van der Waals surface area contributed by atoms with Crippen molar-refractivity contribution in [3.8, 4) is 6.07 Å². The molecule has 0 fully saturated rings. The predicted molar refractivity (Wildman–Crippen MR) is 50.3 cm³/mol. The van der Waals surface area contributed by atoms with Crippen molar-refractivity contribution in [2.75, 3.05) is 5.75 Å². The number of hydrogen-bond acceptors (Lipinski definition) is 3. The predicted octanol–water partition coefficient (Wildman–Crippen LogP) is 1.02. The van der Waals surface area contributed by atoms with Crippen molar-refractivity contribution in [1.82, 2.24) is 0 Å². The number of carboxylic acid groups (broad SMARTS) is 1. The summed E-state index contributed by atoms with van der Waals surface area (Å²) in [6, 6.07) is 7.71. The van der Waals surface area contributed by atoms with Gasteiger partial charge in [-0.25, -0.2) is 4.79 Å². The lowest BCUT2D eigenvalue weighted by atomic mass is 10.2. The Kier molecular flexibility index (Phi) is 3.37. The molecule has 0 aliphatic rings. The maximum atomic E-state index is 11.4. The average molecular weight is 209 g/mol. The molecule has 1 aromatic rings. The number of carbonyl (C=O) groups is 1. The highest BCUT2D eigenvalue weighted by atomic mass is 32.2. The molecular formula is C9H7NO3S. The molecular weight excluding hydrogens is 202 g/mol. The molecule has 0 aliphatic carbocycles. The quantitative estimate of drug-likeness (QED) is 0.806. The maximum absolute atomic E-state index is 11.4. The number of benzene rings is 1. The van der Waals surface area contributed by atoms with E-state index < -0.39 is 16.8 Å². The summed E-state index contributed by atoms with van der Waals surface area (Å²) in [5.41, 5.74) is -0.0129. The average Bonchev–Trinajstić information content (AvgIpc) is 2.18. The van der Waals surface area contributed by atoms with Gasteiger partial charge in [-0.2, -0.15) is 5.26 Å². The molecule has 0 aromatic heterocycles. The SMILES string of the molecule is N#CCS(=O)c1ccccc1C(=O)O. The normalized spacial score (nSPS) is 11.6. The van der Waals surface area contributed by atoms with Crippen LogP contribution in [-0.4, -0.2) is 21.0 Å². The molecule has 0 amide bonds. The monoisotopic (exact) mass is 209 g/mol. The van der Waals surface area contributed by atoms with Crippen molar-refractivity contribution in [3.63, 3.8) is 0 Å². The summed E-state index contributed by atoms with van der Waals surface area (Å²) in [4.78, 5) is 10.9. The van der Waals surface area contributed by atoms with Gasteiger partial charge in [0.15, 0.2) is 0 Å². The summed E-state index contributed by atoms with van der Waals surface area (Å²) in [6.45, 7) is 0. The van der Waals surface area contributed by atoms with E-state index >= 15 is 0 Å². The molecule has 0 heterocycles. The molecule has 5 heteroatoms. The molecule has 1 atom stereocenters. The second-order valence-corrected chi connectivity index (χ2v) is 3.87. The third kappa shape index (κ3) is 2.18. The Labute approximate surface area is 83.2 Å². The molecule has 1 unspecified atom stereocenters. The molecule has 1 aromatic carbocycles. The minimum Gasteiger partial charge on any atom is -0.478 e. The van der Waals surface area contributed by atoms with Crippen LogP contribution in [0.4, 0.5) is 0 Å². The van der Waals surface area contributed by atoms with Crippen molar-refractivity contribution in [3.05, 3.63) is 29.8 Å². The summed E-state index contributed by atoms with van der Waals surface area (Å²) >= 11 is 0.